The van der Waals surface area contributed by atoms with Gasteiger partial charge in [-0.25, -0.2) is 9.79 Å². The number of methoxy groups -OCH3 is 2. The van der Waals surface area contributed by atoms with Gasteiger partial charge >= 0.3 is 5.97 Å². The number of benzene rings is 4. The highest BCUT2D eigenvalue weighted by Gasteiger charge is 2.35. The maximum absolute atomic E-state index is 14.5. The third kappa shape index (κ3) is 7.39. The molecule has 0 saturated carbocycles. The summed E-state index contributed by atoms with van der Waals surface area (Å²) in [6, 6.07) is 23.3. The van der Waals surface area contributed by atoms with Gasteiger partial charge in [0.15, 0.2) is 16.3 Å². The fourth-order valence-corrected chi connectivity index (χ4v) is 7.99. The van der Waals surface area contributed by atoms with Crippen molar-refractivity contribution < 1.29 is 28.7 Å². The number of nitro benzene ring substituents is 1. The number of aromatic nitrogens is 1. The summed E-state index contributed by atoms with van der Waals surface area (Å²) < 4.78 is 26.1. The van der Waals surface area contributed by atoms with Gasteiger partial charge in [-0.05, 0) is 76.5 Å². The molecule has 0 amide bonds. The second-order valence-electron chi connectivity index (χ2n) is 11.1. The summed E-state index contributed by atoms with van der Waals surface area (Å²) >= 11 is 8.30. The lowest BCUT2D eigenvalue weighted by Gasteiger charge is -2.26. The van der Waals surface area contributed by atoms with Crippen LogP contribution >= 0.6 is 43.2 Å². The summed E-state index contributed by atoms with van der Waals surface area (Å²) in [5.41, 5.74) is 2.75. The summed E-state index contributed by atoms with van der Waals surface area (Å²) in [6.45, 7) is 1.95. The third-order valence-corrected chi connectivity index (χ3v) is 9.98. The van der Waals surface area contributed by atoms with Gasteiger partial charge in [0, 0.05) is 27.7 Å². The van der Waals surface area contributed by atoms with E-state index >= 15 is 0 Å². The minimum absolute atomic E-state index is 0.0208. The summed E-state index contributed by atoms with van der Waals surface area (Å²) in [4.78, 5) is 44.3. The topological polar surface area (TPSA) is 131 Å². The van der Waals surface area contributed by atoms with Crippen molar-refractivity contribution >= 4 is 66.6 Å². The average Bonchev–Trinajstić information content (AvgIpc) is 3.44. The Bertz CT molecular complexity index is 2360. The molecular formula is C37H29Br2N3O8S. The first-order valence-electron chi connectivity index (χ1n) is 15.5. The van der Waals surface area contributed by atoms with E-state index in [4.69, 9.17) is 23.9 Å². The Hall–Kier alpha value is -5.05. The van der Waals surface area contributed by atoms with Gasteiger partial charge in [-0.3, -0.25) is 19.5 Å². The predicted molar refractivity (Wildman–Crippen MR) is 200 cm³/mol. The number of non-ortho nitro benzene ring substituents is 1. The molecule has 5 aromatic rings. The van der Waals surface area contributed by atoms with Gasteiger partial charge in [0.25, 0.3) is 11.2 Å². The first-order valence-corrected chi connectivity index (χ1v) is 17.9. The molecule has 51 heavy (non-hydrogen) atoms. The molecule has 0 fully saturated rings. The molecule has 1 aromatic heterocycles. The number of nitrogens with zero attached hydrogens (tertiary/aromatic N) is 3. The summed E-state index contributed by atoms with van der Waals surface area (Å²) in [5, 5.41) is 11.1. The molecule has 0 spiro atoms. The zero-order valence-corrected chi connectivity index (χ0v) is 31.4. The van der Waals surface area contributed by atoms with Crippen molar-refractivity contribution in [2.24, 2.45) is 4.99 Å². The molecule has 0 N–H and O–H groups in total. The lowest BCUT2D eigenvalue weighted by molar-refractivity contribution is -0.384. The van der Waals surface area contributed by atoms with Crippen LogP contribution in [-0.4, -0.2) is 36.3 Å². The smallest absolute Gasteiger partial charge is 0.338 e. The van der Waals surface area contributed by atoms with E-state index in [1.807, 2.05) is 42.5 Å². The zero-order valence-electron chi connectivity index (χ0n) is 27.4. The Labute approximate surface area is 312 Å². The quantitative estimate of drug-likeness (QED) is 0.0793. The first kappa shape index (κ1) is 35.8. The molecule has 0 unspecified atom stereocenters. The van der Waals surface area contributed by atoms with Crippen molar-refractivity contribution in [2.75, 3.05) is 20.8 Å². The molecule has 2 heterocycles. The highest BCUT2D eigenvalue weighted by atomic mass is 79.9. The predicted octanol–water partition coefficient (Wildman–Crippen LogP) is 6.97. The van der Waals surface area contributed by atoms with Crippen LogP contribution in [-0.2, 0) is 16.1 Å². The molecule has 0 saturated heterocycles. The van der Waals surface area contributed by atoms with E-state index in [2.05, 4.69) is 31.9 Å². The van der Waals surface area contributed by atoms with E-state index in [0.717, 1.165) is 10.0 Å². The zero-order chi connectivity index (χ0) is 36.2. The second-order valence-corrected chi connectivity index (χ2v) is 13.8. The molecule has 6 rings (SSSR count). The fourth-order valence-electron chi connectivity index (χ4n) is 5.63. The summed E-state index contributed by atoms with van der Waals surface area (Å²) in [5.74, 6) is 0.760. The van der Waals surface area contributed by atoms with Crippen molar-refractivity contribution in [3.8, 4) is 17.2 Å². The monoisotopic (exact) mass is 833 g/mol. The standard InChI is InChI=1S/C37H29Br2N3O8S/c1-4-49-36(44)31-32(22-8-6-5-7-9-22)40-37-41(33(31)23-12-15-28(47-2)29(17-23)48-3)35(43)30(51-37)18-24-16-25(38)19-27(39)34(24)50-20-21-10-13-26(14-11-21)42(45)46/h5-19,33H,4,20H2,1-3H3/b30-18-/t33-/m0/s1. The fraction of sp³-hybridized carbons (Fsp3) is 0.162. The average molecular weight is 836 g/mol. The molecule has 1 aliphatic heterocycles. The molecule has 11 nitrogen and oxygen atoms in total. The van der Waals surface area contributed by atoms with Crippen LogP contribution in [0.15, 0.2) is 109 Å². The Morgan fingerprint density at radius 2 is 1.73 bits per heavy atom. The molecular weight excluding hydrogens is 806 g/mol. The van der Waals surface area contributed by atoms with E-state index < -0.39 is 16.9 Å². The molecule has 0 aliphatic carbocycles. The number of hydrogen-bond donors (Lipinski definition) is 0. The van der Waals surface area contributed by atoms with E-state index in [1.54, 1.807) is 43.3 Å². The molecule has 0 radical (unpaired) electrons. The minimum Gasteiger partial charge on any atom is -0.493 e. The van der Waals surface area contributed by atoms with Crippen LogP contribution in [0.1, 0.15) is 35.2 Å². The van der Waals surface area contributed by atoms with E-state index in [9.17, 15) is 19.7 Å². The molecule has 1 aliphatic rings. The van der Waals surface area contributed by atoms with Gasteiger partial charge in [-0.2, -0.15) is 0 Å². The lowest BCUT2D eigenvalue weighted by atomic mass is 9.93. The first-order chi connectivity index (χ1) is 24.6. The van der Waals surface area contributed by atoms with E-state index in [1.165, 1.54) is 42.3 Å². The normalized spacial score (nSPS) is 14.1. The highest BCUT2D eigenvalue weighted by Crippen LogP contribution is 2.39. The third-order valence-electron chi connectivity index (χ3n) is 7.95. The Morgan fingerprint density at radius 1 is 1.00 bits per heavy atom. The Balaban J connectivity index is 1.55. The maximum atomic E-state index is 14.5. The molecule has 0 bridgehead atoms. The molecule has 14 heteroatoms. The minimum atomic E-state index is -0.926. The van der Waals surface area contributed by atoms with E-state index in [-0.39, 0.29) is 30.0 Å². The van der Waals surface area contributed by atoms with Crippen LogP contribution in [0, 0.1) is 10.1 Å². The van der Waals surface area contributed by atoms with E-state index in [0.29, 0.717) is 53.4 Å². The molecule has 1 atom stereocenters. The van der Waals surface area contributed by atoms with Gasteiger partial charge in [0.2, 0.25) is 0 Å². The number of esters is 1. The Morgan fingerprint density at radius 3 is 2.39 bits per heavy atom. The van der Waals surface area contributed by atoms with Gasteiger partial charge in [0.05, 0.1) is 52.1 Å². The Kier molecular flexibility index (Phi) is 10.8. The number of fused-ring (bicyclic) bond motifs is 1. The number of rotatable bonds is 11. The van der Waals surface area contributed by atoms with Crippen molar-refractivity contribution in [2.45, 2.75) is 19.6 Å². The number of ether oxygens (including phenoxy) is 4. The van der Waals surface area contributed by atoms with Crippen LogP contribution in [0.5, 0.6) is 17.2 Å². The number of carbonyl (C=O) groups is 1. The summed E-state index contributed by atoms with van der Waals surface area (Å²) in [6.07, 6.45) is 1.71. The molecule has 260 valence electrons. The van der Waals surface area contributed by atoms with Crippen molar-refractivity contribution in [1.82, 2.24) is 4.57 Å². The van der Waals surface area contributed by atoms with Crippen molar-refractivity contribution in [1.29, 1.82) is 0 Å². The lowest BCUT2D eigenvalue weighted by Crippen LogP contribution is -2.40. The summed E-state index contributed by atoms with van der Waals surface area (Å²) in [7, 11) is 3.05. The highest BCUT2D eigenvalue weighted by molar-refractivity contribution is 9.11. The van der Waals surface area contributed by atoms with Gasteiger partial charge in [-0.15, -0.1) is 0 Å². The maximum Gasteiger partial charge on any atom is 0.338 e. The number of thiazole rings is 1. The number of carbonyl (C=O) groups excluding carboxylic acids is 1. The van der Waals surface area contributed by atoms with Gasteiger partial charge < -0.3 is 18.9 Å². The van der Waals surface area contributed by atoms with Crippen molar-refractivity contribution in [3.05, 3.63) is 152 Å². The van der Waals surface area contributed by atoms with Gasteiger partial charge in [-0.1, -0.05) is 63.7 Å². The van der Waals surface area contributed by atoms with Crippen LogP contribution in [0.3, 0.4) is 0 Å². The van der Waals surface area contributed by atoms with Gasteiger partial charge in [0.1, 0.15) is 12.4 Å². The van der Waals surface area contributed by atoms with Crippen LogP contribution in [0.2, 0.25) is 0 Å². The molecule has 4 aromatic carbocycles. The van der Waals surface area contributed by atoms with Crippen molar-refractivity contribution in [3.63, 3.8) is 0 Å². The number of halogens is 2. The number of nitro groups is 1. The van der Waals surface area contributed by atoms with Crippen LogP contribution in [0.25, 0.3) is 11.8 Å². The number of hydrogen-bond acceptors (Lipinski definition) is 10. The second kappa shape index (κ2) is 15.5. The SMILES string of the molecule is CCOC(=O)C1=C(c2ccccc2)N=c2s/c(=C\c3cc(Br)cc(Br)c3OCc3ccc([N+](=O)[O-])cc3)c(=O)n2[C@H]1c1ccc(OC)c(OC)c1. The van der Waals surface area contributed by atoms with Crippen LogP contribution in [0.4, 0.5) is 5.69 Å². The largest absolute Gasteiger partial charge is 0.493 e. The van der Waals surface area contributed by atoms with Crippen LogP contribution < -0.4 is 29.1 Å².